The van der Waals surface area contributed by atoms with Crippen LogP contribution in [0.15, 0.2) is 42.5 Å². The smallest absolute Gasteiger partial charge is 0.256 e. The second-order valence-corrected chi connectivity index (χ2v) is 5.05. The van der Waals surface area contributed by atoms with Gasteiger partial charge in [0.2, 0.25) is 0 Å². The zero-order chi connectivity index (χ0) is 13.4. The van der Waals surface area contributed by atoms with Crippen LogP contribution in [0.5, 0.6) is 0 Å². The summed E-state index contributed by atoms with van der Waals surface area (Å²) in [6.07, 6.45) is 1.87. The minimum absolute atomic E-state index is 0.0689. The largest absolute Gasteiger partial charge is 0.321 e. The first kappa shape index (κ1) is 12.0. The number of carbonyl (C=O) groups is 1. The normalized spacial score (nSPS) is 15.5. The number of hydrogen-bond acceptors (Lipinski definition) is 1. The number of halogens is 1. The molecule has 0 unspecified atom stereocenters. The maximum absolute atomic E-state index is 12.0. The number of amides is 1. The lowest BCUT2D eigenvalue weighted by Crippen LogP contribution is -2.03. The molecule has 0 saturated heterocycles. The van der Waals surface area contributed by atoms with Crippen molar-refractivity contribution in [2.24, 2.45) is 0 Å². The quantitative estimate of drug-likeness (QED) is 0.775. The van der Waals surface area contributed by atoms with Gasteiger partial charge in [0, 0.05) is 21.8 Å². The van der Waals surface area contributed by atoms with E-state index in [2.05, 4.69) is 5.32 Å². The fourth-order valence-electron chi connectivity index (χ4n) is 2.21. The third-order valence-electron chi connectivity index (χ3n) is 3.12. The van der Waals surface area contributed by atoms with Gasteiger partial charge in [-0.2, -0.15) is 0 Å². The molecule has 0 radical (unpaired) electrons. The summed E-state index contributed by atoms with van der Waals surface area (Å²) < 4.78 is 0. The molecule has 0 aromatic heterocycles. The molecule has 3 heteroatoms. The summed E-state index contributed by atoms with van der Waals surface area (Å²) in [5.41, 5.74) is 4.55. The molecule has 0 atom stereocenters. The molecule has 1 aliphatic rings. The topological polar surface area (TPSA) is 29.1 Å². The lowest BCUT2D eigenvalue weighted by Gasteiger charge is -2.00. The van der Waals surface area contributed by atoms with Crippen molar-refractivity contribution in [3.63, 3.8) is 0 Å². The third kappa shape index (κ3) is 2.27. The van der Waals surface area contributed by atoms with Gasteiger partial charge in [0.25, 0.3) is 5.91 Å². The Morgan fingerprint density at radius 3 is 2.79 bits per heavy atom. The van der Waals surface area contributed by atoms with E-state index in [0.717, 1.165) is 22.4 Å². The Hall–Kier alpha value is -2.06. The maximum atomic E-state index is 12.0. The summed E-state index contributed by atoms with van der Waals surface area (Å²) in [6, 6.07) is 13.4. The molecule has 19 heavy (non-hydrogen) atoms. The van der Waals surface area contributed by atoms with Crippen LogP contribution in [0, 0.1) is 6.92 Å². The van der Waals surface area contributed by atoms with Crippen LogP contribution >= 0.6 is 11.6 Å². The van der Waals surface area contributed by atoms with Crippen molar-refractivity contribution in [1.82, 2.24) is 0 Å². The Morgan fingerprint density at radius 1 is 1.16 bits per heavy atom. The van der Waals surface area contributed by atoms with Gasteiger partial charge in [-0.15, -0.1) is 0 Å². The van der Waals surface area contributed by atoms with Crippen molar-refractivity contribution in [3.05, 3.63) is 64.2 Å². The average molecular weight is 270 g/mol. The fraction of sp³-hybridized carbons (Fsp3) is 0.0625. The van der Waals surface area contributed by atoms with Crippen LogP contribution in [-0.4, -0.2) is 5.91 Å². The number of fused-ring (bicyclic) bond motifs is 1. The predicted octanol–water partition coefficient (Wildman–Crippen LogP) is 4.14. The number of anilines is 1. The van der Waals surface area contributed by atoms with E-state index in [1.54, 1.807) is 0 Å². The molecule has 0 aliphatic carbocycles. The Balaban J connectivity index is 2.11. The predicted molar refractivity (Wildman–Crippen MR) is 79.1 cm³/mol. The first-order valence-electron chi connectivity index (χ1n) is 6.03. The van der Waals surface area contributed by atoms with Gasteiger partial charge in [-0.3, -0.25) is 4.79 Å². The van der Waals surface area contributed by atoms with E-state index in [4.69, 9.17) is 11.6 Å². The van der Waals surface area contributed by atoms with Gasteiger partial charge in [-0.05, 0) is 42.8 Å². The van der Waals surface area contributed by atoms with Crippen LogP contribution in [0.1, 0.15) is 16.7 Å². The number of hydrogen-bond donors (Lipinski definition) is 1. The maximum Gasteiger partial charge on any atom is 0.256 e. The van der Waals surface area contributed by atoms with E-state index in [0.29, 0.717) is 10.6 Å². The van der Waals surface area contributed by atoms with Gasteiger partial charge >= 0.3 is 0 Å². The summed E-state index contributed by atoms with van der Waals surface area (Å²) in [4.78, 5) is 12.0. The molecule has 0 fully saturated rings. The molecule has 0 spiro atoms. The number of rotatable bonds is 1. The molecule has 94 valence electrons. The second kappa shape index (κ2) is 4.56. The highest BCUT2D eigenvalue weighted by molar-refractivity contribution is 6.35. The average Bonchev–Trinajstić information content (AvgIpc) is 2.66. The molecule has 1 amide bonds. The van der Waals surface area contributed by atoms with Crippen molar-refractivity contribution >= 4 is 34.8 Å². The molecule has 2 aromatic carbocycles. The van der Waals surface area contributed by atoms with E-state index in [1.807, 2.05) is 55.5 Å². The minimum atomic E-state index is -0.0689. The van der Waals surface area contributed by atoms with E-state index in [-0.39, 0.29) is 5.91 Å². The Labute approximate surface area is 116 Å². The molecular weight excluding hydrogens is 258 g/mol. The molecule has 1 aliphatic heterocycles. The van der Waals surface area contributed by atoms with Crippen LogP contribution in [0.4, 0.5) is 5.69 Å². The highest BCUT2D eigenvalue weighted by Gasteiger charge is 2.23. The first-order chi connectivity index (χ1) is 9.13. The van der Waals surface area contributed by atoms with Gasteiger partial charge in [-0.1, -0.05) is 35.4 Å². The summed E-state index contributed by atoms with van der Waals surface area (Å²) in [6.45, 7) is 2.01. The first-order valence-corrected chi connectivity index (χ1v) is 6.41. The zero-order valence-electron chi connectivity index (χ0n) is 10.4. The van der Waals surface area contributed by atoms with E-state index < -0.39 is 0 Å². The lowest BCUT2D eigenvalue weighted by atomic mass is 10.0. The molecule has 3 rings (SSSR count). The summed E-state index contributed by atoms with van der Waals surface area (Å²) >= 11 is 5.96. The Kier molecular flexibility index (Phi) is 2.88. The van der Waals surface area contributed by atoms with Crippen molar-refractivity contribution < 1.29 is 4.79 Å². The number of aryl methyl sites for hydroxylation is 1. The number of carbonyl (C=O) groups excluding carboxylic acids is 1. The van der Waals surface area contributed by atoms with Gasteiger partial charge in [-0.25, -0.2) is 0 Å². The minimum Gasteiger partial charge on any atom is -0.321 e. The Morgan fingerprint density at radius 2 is 2.00 bits per heavy atom. The van der Waals surface area contributed by atoms with E-state index >= 15 is 0 Å². The van der Waals surface area contributed by atoms with Crippen molar-refractivity contribution in [2.45, 2.75) is 6.92 Å². The molecule has 0 saturated carbocycles. The highest BCUT2D eigenvalue weighted by Crippen LogP contribution is 2.33. The Bertz CT molecular complexity index is 704. The summed E-state index contributed by atoms with van der Waals surface area (Å²) in [7, 11) is 0. The van der Waals surface area contributed by atoms with Crippen LogP contribution in [0.25, 0.3) is 11.6 Å². The molecule has 2 aromatic rings. The van der Waals surface area contributed by atoms with Crippen LogP contribution in [0.3, 0.4) is 0 Å². The van der Waals surface area contributed by atoms with Crippen LogP contribution in [-0.2, 0) is 4.79 Å². The fourth-order valence-corrected chi connectivity index (χ4v) is 2.41. The summed E-state index contributed by atoms with van der Waals surface area (Å²) in [5.74, 6) is -0.0689. The van der Waals surface area contributed by atoms with E-state index in [1.165, 1.54) is 0 Å². The van der Waals surface area contributed by atoms with Gasteiger partial charge in [0.1, 0.15) is 0 Å². The summed E-state index contributed by atoms with van der Waals surface area (Å²) in [5, 5.41) is 3.53. The number of benzene rings is 2. The van der Waals surface area contributed by atoms with Gasteiger partial charge in [0.05, 0.1) is 0 Å². The molecule has 0 bridgehead atoms. The lowest BCUT2D eigenvalue weighted by molar-refractivity contribution is -0.110. The number of nitrogens with one attached hydrogen (secondary N) is 1. The zero-order valence-corrected chi connectivity index (χ0v) is 11.2. The SMILES string of the molecule is Cc1ccc2c(c1)/C(=C\c1cccc(Cl)c1)C(=O)N2. The van der Waals surface area contributed by atoms with Crippen molar-refractivity contribution in [3.8, 4) is 0 Å². The standard InChI is InChI=1S/C16H12ClNO/c1-10-5-6-15-13(7-10)14(16(19)18-15)9-11-3-2-4-12(17)8-11/h2-9H,1H3,(H,18,19)/b14-9+. The molecule has 2 nitrogen and oxygen atoms in total. The van der Waals surface area contributed by atoms with E-state index in [9.17, 15) is 4.79 Å². The van der Waals surface area contributed by atoms with Crippen molar-refractivity contribution in [1.29, 1.82) is 0 Å². The molecule has 1 N–H and O–H groups in total. The third-order valence-corrected chi connectivity index (χ3v) is 3.35. The van der Waals surface area contributed by atoms with Gasteiger partial charge in [0.15, 0.2) is 0 Å². The molecule has 1 heterocycles. The van der Waals surface area contributed by atoms with Crippen molar-refractivity contribution in [2.75, 3.05) is 5.32 Å². The van der Waals surface area contributed by atoms with Crippen LogP contribution < -0.4 is 5.32 Å². The molecular formula is C16H12ClNO. The second-order valence-electron chi connectivity index (χ2n) is 4.62. The monoisotopic (exact) mass is 269 g/mol. The van der Waals surface area contributed by atoms with Gasteiger partial charge < -0.3 is 5.32 Å². The van der Waals surface area contributed by atoms with Crippen LogP contribution in [0.2, 0.25) is 5.02 Å². The highest BCUT2D eigenvalue weighted by atomic mass is 35.5.